The Labute approximate surface area is 623 Å². The molecule has 0 aromatic carbocycles. The number of aromatic nitrogens is 3. The van der Waals surface area contributed by atoms with Crippen LogP contribution < -0.4 is 4.90 Å². The number of piperidine rings is 4. The van der Waals surface area contributed by atoms with E-state index in [0.717, 1.165) is 140 Å². The fourth-order valence-electron chi connectivity index (χ4n) is 17.7. The predicted molar refractivity (Wildman–Crippen MR) is 424 cm³/mol. The van der Waals surface area contributed by atoms with Crippen molar-refractivity contribution in [3.63, 3.8) is 0 Å². The molecule has 1 N–H and O–H groups in total. The Hall–Kier alpha value is -2.16. The summed E-state index contributed by atoms with van der Waals surface area (Å²) >= 11 is 0. The van der Waals surface area contributed by atoms with Crippen LogP contribution in [-0.2, 0) is 28.9 Å². The van der Waals surface area contributed by atoms with Gasteiger partial charge >= 0.3 is 5.97 Å². The topological polar surface area (TPSA) is 145 Å². The van der Waals surface area contributed by atoms with Gasteiger partial charge in [-0.25, -0.2) is 4.98 Å². The maximum Gasteiger partial charge on any atom is 0.306 e. The molecule has 0 bridgehead atoms. The van der Waals surface area contributed by atoms with Crippen molar-refractivity contribution in [1.82, 2.24) is 45.0 Å². The van der Waals surface area contributed by atoms with Crippen LogP contribution in [0.15, 0.2) is 0 Å². The van der Waals surface area contributed by atoms with Gasteiger partial charge in [-0.1, -0.05) is 144 Å². The molecular formula is C84H166N10O7. The number of rotatable bonds is 43. The Morgan fingerprint density at radius 2 is 0.703 bits per heavy atom. The van der Waals surface area contributed by atoms with Crippen LogP contribution in [0.3, 0.4) is 0 Å². The summed E-state index contributed by atoms with van der Waals surface area (Å²) in [7, 11) is 4.68. The summed E-state index contributed by atoms with van der Waals surface area (Å²) in [6.45, 7) is 60.9. The standard InChI is InChI=1S/C32H66N4O2.C31H61NO4.C21H39N5O/c1-13-21-37-35-29(3,4)23-27(24-30(35,5)6)33(11)19-17-15-16-18-20-34(12)28-25-31(7,8)36(38-22-14-2)32(9,10)26-28;1-8-9-10-11-12-13-14-15-16-17-18-19-20-21-22-23-28(33)36-27-24-29(2,3)32(30(4,5)25-27)35-26-31(6,7)34;1-9-11-12-25(19-23-16(3)22-17(4)24-19)18-14-20(5,6)26(27-13-10-2)21(7,8)15-18/h27-28H,13-26H2,1-12H3;27,34H,8-26H2,1-7H3;18H,9-15H2,1-8H3. The molecule has 17 nitrogen and oxygen atoms in total. The van der Waals surface area contributed by atoms with Gasteiger partial charge in [-0.05, 0) is 249 Å². The molecule has 594 valence electrons. The molecule has 1 aromatic rings. The van der Waals surface area contributed by atoms with Crippen molar-refractivity contribution < 1.29 is 34.0 Å². The van der Waals surface area contributed by atoms with Gasteiger partial charge in [-0.15, -0.1) is 0 Å². The molecule has 1 aromatic heterocycles. The summed E-state index contributed by atoms with van der Waals surface area (Å²) in [5.74, 6) is 2.35. The molecule has 4 saturated heterocycles. The molecular weight excluding hydrogens is 1260 g/mol. The highest BCUT2D eigenvalue weighted by Crippen LogP contribution is 2.45. The van der Waals surface area contributed by atoms with Crippen LogP contribution >= 0.6 is 0 Å². The van der Waals surface area contributed by atoms with Gasteiger partial charge in [0.2, 0.25) is 5.95 Å². The first kappa shape index (κ1) is 93.0. The Bertz CT molecular complexity index is 2260. The molecule has 0 spiro atoms. The predicted octanol–water partition coefficient (Wildman–Crippen LogP) is 20.1. The molecule has 0 aliphatic carbocycles. The van der Waals surface area contributed by atoms with Crippen molar-refractivity contribution in [3.8, 4) is 0 Å². The second kappa shape index (κ2) is 43.7. The quantitative estimate of drug-likeness (QED) is 0.0488. The highest BCUT2D eigenvalue weighted by Gasteiger charge is 2.52. The minimum Gasteiger partial charge on any atom is -0.462 e. The van der Waals surface area contributed by atoms with Crippen LogP contribution in [0.5, 0.6) is 0 Å². The maximum absolute atomic E-state index is 12.5. The average molecular weight is 1430 g/mol. The molecule has 5 heterocycles. The van der Waals surface area contributed by atoms with Crippen molar-refractivity contribution in [2.75, 3.05) is 65.1 Å². The van der Waals surface area contributed by atoms with E-state index in [9.17, 15) is 9.90 Å². The van der Waals surface area contributed by atoms with Crippen LogP contribution in [0, 0.1) is 13.8 Å². The summed E-state index contributed by atoms with van der Waals surface area (Å²) in [6.07, 6.45) is 39.1. The third-order valence-corrected chi connectivity index (χ3v) is 21.7. The highest BCUT2D eigenvalue weighted by atomic mass is 16.7. The lowest BCUT2D eigenvalue weighted by Crippen LogP contribution is -2.64. The van der Waals surface area contributed by atoms with Gasteiger partial charge in [0.05, 0.1) is 32.0 Å². The van der Waals surface area contributed by atoms with Crippen molar-refractivity contribution >= 4 is 11.9 Å². The Morgan fingerprint density at radius 3 is 1.03 bits per heavy atom. The number of anilines is 1. The number of aryl methyl sites for hydroxylation is 2. The number of esters is 1. The van der Waals surface area contributed by atoms with E-state index < -0.39 is 5.60 Å². The van der Waals surface area contributed by atoms with Crippen LogP contribution in [0.4, 0.5) is 5.95 Å². The first-order valence-corrected chi connectivity index (χ1v) is 41.6. The Kier molecular flexibility index (Phi) is 40.3. The molecule has 4 fully saturated rings. The molecule has 0 atom stereocenters. The van der Waals surface area contributed by atoms with E-state index in [4.69, 9.17) is 24.1 Å². The first-order chi connectivity index (χ1) is 47.0. The van der Waals surface area contributed by atoms with Crippen LogP contribution in [0.1, 0.15) is 383 Å². The van der Waals surface area contributed by atoms with E-state index >= 15 is 0 Å². The second-order valence-electron chi connectivity index (χ2n) is 37.3. The fourth-order valence-corrected chi connectivity index (χ4v) is 17.7. The van der Waals surface area contributed by atoms with Crippen LogP contribution in [0.25, 0.3) is 0 Å². The smallest absolute Gasteiger partial charge is 0.306 e. The third kappa shape index (κ3) is 32.7. The first-order valence-electron chi connectivity index (χ1n) is 41.6. The van der Waals surface area contributed by atoms with E-state index in [1.807, 2.05) is 18.9 Å². The number of hydrogen-bond donors (Lipinski definition) is 1. The van der Waals surface area contributed by atoms with Crippen molar-refractivity contribution in [2.45, 2.75) is 459 Å². The lowest BCUT2D eigenvalue weighted by atomic mass is 9.78. The summed E-state index contributed by atoms with van der Waals surface area (Å²) in [4.78, 5) is 58.6. The Balaban J connectivity index is 0.000000399. The summed E-state index contributed by atoms with van der Waals surface area (Å²) in [5.41, 5.74) is -1.33. The zero-order valence-corrected chi connectivity index (χ0v) is 71.5. The maximum atomic E-state index is 12.5. The van der Waals surface area contributed by atoms with Gasteiger partial charge in [-0.3, -0.25) is 24.1 Å². The zero-order valence-electron chi connectivity index (χ0n) is 71.5. The summed E-state index contributed by atoms with van der Waals surface area (Å²) < 4.78 is 5.90. The number of hydroxylamine groups is 8. The average Bonchev–Trinajstić information content (AvgIpc) is 0.785. The monoisotopic (exact) mass is 1430 g/mol. The largest absolute Gasteiger partial charge is 0.462 e. The van der Waals surface area contributed by atoms with Gasteiger partial charge in [0.1, 0.15) is 17.8 Å². The number of unbranched alkanes of at least 4 members (excludes halogenated alkanes) is 18. The number of ether oxygens (including phenoxy) is 1. The van der Waals surface area contributed by atoms with Crippen LogP contribution in [0.2, 0.25) is 0 Å². The van der Waals surface area contributed by atoms with E-state index in [1.54, 1.807) is 13.8 Å². The van der Waals surface area contributed by atoms with E-state index in [0.29, 0.717) is 24.5 Å². The molecule has 0 amide bonds. The molecule has 0 saturated carbocycles. The minimum absolute atomic E-state index is 0.0524. The second-order valence-corrected chi connectivity index (χ2v) is 37.3. The molecule has 4 aliphatic heterocycles. The van der Waals surface area contributed by atoms with E-state index in [-0.39, 0.29) is 63.0 Å². The highest BCUT2D eigenvalue weighted by molar-refractivity contribution is 5.69. The number of nitrogens with zero attached hydrogens (tertiary/aromatic N) is 10. The molecule has 0 unspecified atom stereocenters. The molecule has 0 radical (unpaired) electrons. The lowest BCUT2D eigenvalue weighted by molar-refractivity contribution is -0.306. The van der Waals surface area contributed by atoms with Gasteiger partial charge in [0, 0.05) is 88.2 Å². The number of hydrogen-bond acceptors (Lipinski definition) is 17. The van der Waals surface area contributed by atoms with Gasteiger partial charge in [0.25, 0.3) is 0 Å². The number of carbonyl (C=O) groups is 1. The van der Waals surface area contributed by atoms with Crippen molar-refractivity contribution in [3.05, 3.63) is 11.6 Å². The molecule has 4 aliphatic rings. The summed E-state index contributed by atoms with van der Waals surface area (Å²) in [5, 5.41) is 18.9. The van der Waals surface area contributed by atoms with E-state index in [2.05, 4.69) is 204 Å². The van der Waals surface area contributed by atoms with Gasteiger partial charge < -0.3 is 24.5 Å². The number of aliphatic hydroxyl groups is 1. The molecule has 101 heavy (non-hydrogen) atoms. The van der Waals surface area contributed by atoms with Crippen LogP contribution in [-0.4, -0.2) is 190 Å². The normalized spacial score (nSPS) is 21.1. The summed E-state index contributed by atoms with van der Waals surface area (Å²) in [6, 6.07) is 1.61. The Morgan fingerprint density at radius 1 is 0.406 bits per heavy atom. The third-order valence-electron chi connectivity index (χ3n) is 21.7. The van der Waals surface area contributed by atoms with E-state index in [1.165, 1.54) is 122 Å². The van der Waals surface area contributed by atoms with Crippen molar-refractivity contribution in [2.24, 2.45) is 0 Å². The minimum atomic E-state index is -0.886. The molecule has 5 rings (SSSR count). The van der Waals surface area contributed by atoms with Crippen molar-refractivity contribution in [1.29, 1.82) is 0 Å². The van der Waals surface area contributed by atoms with Gasteiger partial charge in [-0.2, -0.15) is 30.2 Å². The number of carbonyl (C=O) groups excluding carboxylic acids is 1. The lowest BCUT2D eigenvalue weighted by Gasteiger charge is -2.55. The SMILES string of the molecule is CCCCCCCCCCCCCCCCCC(=O)OC1CC(C)(C)N(OCC(C)(C)O)C(C)(C)C1.CCCCN(c1nc(C)nc(C)n1)C1CC(C)(C)N(OCCC)C(C)(C)C1.CCCON1C(C)(C)CC(N(C)CCCCCCN(C)C2CC(C)(C)N(OCCC)C(C)(C)C2)CC1(C)C. The molecule has 17 heteroatoms. The fraction of sp³-hybridized carbons (Fsp3) is 0.952. The van der Waals surface area contributed by atoms with Gasteiger partial charge in [0.15, 0.2) is 0 Å². The zero-order chi connectivity index (χ0) is 76.1.